The number of fused-ring (bicyclic) bond motifs is 1. The van der Waals surface area contributed by atoms with Crippen LogP contribution in [0.5, 0.6) is 5.75 Å². The molecule has 0 unspecified atom stereocenters. The average Bonchev–Trinajstić information content (AvgIpc) is 3.37. The first-order valence-corrected chi connectivity index (χ1v) is 11.6. The molecule has 0 N–H and O–H groups in total. The standard InChI is InChI=1S/C27H22F3N5O2/c1-2-34-16-22(15-32-34)35-10-9-26(36)25(33-35)17-37-23-7-8-24-20(12-23)11-21(14-31-24)19-5-3-18(4-6-19)13-27(28,29)30/h3-12,14-16H,2,13,17H2,1H3. The molecule has 7 nitrogen and oxygen atoms in total. The number of benzene rings is 2. The number of hydrogen-bond donors (Lipinski definition) is 0. The summed E-state index contributed by atoms with van der Waals surface area (Å²) in [5.74, 6) is 0.530. The van der Waals surface area contributed by atoms with E-state index >= 15 is 0 Å². The Kier molecular flexibility index (Phi) is 6.47. The molecule has 3 heterocycles. The number of halogens is 3. The second kappa shape index (κ2) is 9.88. The monoisotopic (exact) mass is 505 g/mol. The average molecular weight is 506 g/mol. The van der Waals surface area contributed by atoms with Gasteiger partial charge >= 0.3 is 6.18 Å². The third kappa shape index (κ3) is 5.69. The number of ether oxygens (including phenoxy) is 1. The number of aromatic nitrogens is 5. The lowest BCUT2D eigenvalue weighted by molar-refractivity contribution is -0.127. The van der Waals surface area contributed by atoms with Gasteiger partial charge in [-0.15, -0.1) is 0 Å². The molecule has 0 aliphatic heterocycles. The third-order valence-corrected chi connectivity index (χ3v) is 5.81. The number of rotatable bonds is 7. The van der Waals surface area contributed by atoms with Crippen LogP contribution in [-0.4, -0.2) is 30.7 Å². The van der Waals surface area contributed by atoms with Crippen LogP contribution in [0.15, 0.2) is 84.2 Å². The normalized spacial score (nSPS) is 11.7. The molecule has 0 bridgehead atoms. The van der Waals surface area contributed by atoms with Crippen LogP contribution in [0.25, 0.3) is 27.7 Å². The van der Waals surface area contributed by atoms with E-state index in [1.54, 1.807) is 58.3 Å². The lowest BCUT2D eigenvalue weighted by Crippen LogP contribution is -2.17. The van der Waals surface area contributed by atoms with Crippen molar-refractivity contribution in [3.05, 3.63) is 101 Å². The van der Waals surface area contributed by atoms with E-state index in [-0.39, 0.29) is 23.3 Å². The summed E-state index contributed by atoms with van der Waals surface area (Å²) in [5, 5.41) is 9.41. The van der Waals surface area contributed by atoms with Gasteiger partial charge in [0.2, 0.25) is 5.43 Å². The minimum atomic E-state index is -4.25. The molecule has 0 saturated heterocycles. The second-order valence-corrected chi connectivity index (χ2v) is 8.48. The van der Waals surface area contributed by atoms with Crippen LogP contribution in [0, 0.1) is 0 Å². The topological polar surface area (TPSA) is 74.8 Å². The fourth-order valence-electron chi connectivity index (χ4n) is 3.89. The maximum Gasteiger partial charge on any atom is 0.393 e. The van der Waals surface area contributed by atoms with Gasteiger partial charge in [-0.1, -0.05) is 24.3 Å². The van der Waals surface area contributed by atoms with Crippen LogP contribution >= 0.6 is 0 Å². The molecule has 5 rings (SSSR count). The Morgan fingerprint density at radius 3 is 2.51 bits per heavy atom. The van der Waals surface area contributed by atoms with E-state index in [0.29, 0.717) is 5.75 Å². The van der Waals surface area contributed by atoms with Gasteiger partial charge in [0.1, 0.15) is 23.7 Å². The molecule has 0 radical (unpaired) electrons. The van der Waals surface area contributed by atoms with Gasteiger partial charge in [-0.3, -0.25) is 14.5 Å². The Bertz CT molecular complexity index is 1610. The van der Waals surface area contributed by atoms with Crippen molar-refractivity contribution in [1.82, 2.24) is 24.5 Å². The molecule has 0 aliphatic carbocycles. The van der Waals surface area contributed by atoms with Crippen LogP contribution in [0.2, 0.25) is 0 Å². The number of pyridine rings is 1. The Morgan fingerprint density at radius 1 is 0.973 bits per heavy atom. The summed E-state index contributed by atoms with van der Waals surface area (Å²) >= 11 is 0. The van der Waals surface area contributed by atoms with Crippen molar-refractivity contribution in [2.24, 2.45) is 0 Å². The van der Waals surface area contributed by atoms with Crippen molar-refractivity contribution in [2.45, 2.75) is 32.7 Å². The number of hydrogen-bond acceptors (Lipinski definition) is 5. The van der Waals surface area contributed by atoms with E-state index in [1.165, 1.54) is 18.2 Å². The van der Waals surface area contributed by atoms with Crippen molar-refractivity contribution >= 4 is 10.9 Å². The highest BCUT2D eigenvalue weighted by Crippen LogP contribution is 2.27. The second-order valence-electron chi connectivity index (χ2n) is 8.48. The Hall–Kier alpha value is -4.47. The summed E-state index contributed by atoms with van der Waals surface area (Å²) in [4.78, 5) is 16.8. The van der Waals surface area contributed by atoms with E-state index in [9.17, 15) is 18.0 Å². The minimum Gasteiger partial charge on any atom is -0.487 e. The molecule has 2 aromatic carbocycles. The molecule has 0 spiro atoms. The van der Waals surface area contributed by atoms with Gasteiger partial charge in [-0.2, -0.15) is 23.4 Å². The van der Waals surface area contributed by atoms with Crippen molar-refractivity contribution in [1.29, 1.82) is 0 Å². The van der Waals surface area contributed by atoms with Crippen molar-refractivity contribution < 1.29 is 17.9 Å². The number of aryl methyl sites for hydroxylation is 1. The molecule has 0 atom stereocenters. The molecule has 10 heteroatoms. The highest BCUT2D eigenvalue weighted by atomic mass is 19.4. The van der Waals surface area contributed by atoms with Gasteiger partial charge in [0.15, 0.2) is 0 Å². The fraction of sp³-hybridized carbons (Fsp3) is 0.185. The Labute approximate surface area is 209 Å². The summed E-state index contributed by atoms with van der Waals surface area (Å²) in [6, 6.07) is 14.9. The van der Waals surface area contributed by atoms with Gasteiger partial charge in [-0.05, 0) is 42.3 Å². The van der Waals surface area contributed by atoms with Gasteiger partial charge in [0.05, 0.1) is 24.3 Å². The van der Waals surface area contributed by atoms with Crippen LogP contribution in [0.1, 0.15) is 18.2 Å². The minimum absolute atomic E-state index is 0.0269. The summed E-state index contributed by atoms with van der Waals surface area (Å²) in [6.45, 7) is 2.67. The predicted molar refractivity (Wildman–Crippen MR) is 133 cm³/mol. The van der Waals surface area contributed by atoms with Gasteiger partial charge in [0.25, 0.3) is 0 Å². The fourth-order valence-corrected chi connectivity index (χ4v) is 3.89. The van der Waals surface area contributed by atoms with Crippen LogP contribution < -0.4 is 10.2 Å². The van der Waals surface area contributed by atoms with Crippen LogP contribution in [0.4, 0.5) is 13.2 Å². The van der Waals surface area contributed by atoms with Gasteiger partial charge in [-0.25, -0.2) is 4.68 Å². The number of alkyl halides is 3. The molecule has 0 saturated carbocycles. The maximum atomic E-state index is 12.6. The van der Waals surface area contributed by atoms with Crippen molar-refractivity contribution in [3.63, 3.8) is 0 Å². The van der Waals surface area contributed by atoms with Crippen molar-refractivity contribution in [2.75, 3.05) is 0 Å². The van der Waals surface area contributed by atoms with E-state index in [4.69, 9.17) is 4.74 Å². The molecule has 37 heavy (non-hydrogen) atoms. The summed E-state index contributed by atoms with van der Waals surface area (Å²) in [7, 11) is 0. The molecule has 5 aromatic rings. The quantitative estimate of drug-likeness (QED) is 0.298. The zero-order valence-corrected chi connectivity index (χ0v) is 19.8. The van der Waals surface area contributed by atoms with Crippen LogP contribution in [-0.2, 0) is 19.6 Å². The Balaban J connectivity index is 1.34. The molecule has 188 valence electrons. The van der Waals surface area contributed by atoms with Crippen LogP contribution in [0.3, 0.4) is 0 Å². The molecular formula is C27H22F3N5O2. The predicted octanol–water partition coefficient (Wildman–Crippen LogP) is 5.35. The maximum absolute atomic E-state index is 12.6. The number of nitrogens with zero attached hydrogens (tertiary/aromatic N) is 5. The van der Waals surface area contributed by atoms with E-state index in [1.807, 2.05) is 19.2 Å². The lowest BCUT2D eigenvalue weighted by atomic mass is 10.0. The van der Waals surface area contributed by atoms with E-state index in [0.717, 1.165) is 34.3 Å². The summed E-state index contributed by atoms with van der Waals surface area (Å²) in [6.07, 6.45) is 1.56. The molecular weight excluding hydrogens is 483 g/mol. The summed E-state index contributed by atoms with van der Waals surface area (Å²) < 4.78 is 47.1. The first-order valence-electron chi connectivity index (χ1n) is 11.6. The molecule has 3 aromatic heterocycles. The summed E-state index contributed by atoms with van der Waals surface area (Å²) in [5.41, 5.74) is 3.20. The molecule has 0 amide bonds. The highest BCUT2D eigenvalue weighted by Gasteiger charge is 2.27. The zero-order valence-electron chi connectivity index (χ0n) is 19.8. The van der Waals surface area contributed by atoms with Gasteiger partial charge in [0, 0.05) is 36.0 Å². The largest absolute Gasteiger partial charge is 0.487 e. The van der Waals surface area contributed by atoms with Gasteiger partial charge < -0.3 is 4.74 Å². The molecule has 0 fully saturated rings. The van der Waals surface area contributed by atoms with E-state index in [2.05, 4.69) is 15.2 Å². The SMILES string of the molecule is CCn1cc(-n2ccc(=O)c(COc3ccc4ncc(-c5ccc(CC(F)(F)F)cc5)cc4c3)n2)cn1. The van der Waals surface area contributed by atoms with E-state index < -0.39 is 12.6 Å². The lowest BCUT2D eigenvalue weighted by Gasteiger charge is -2.10. The smallest absolute Gasteiger partial charge is 0.393 e. The Morgan fingerprint density at radius 2 is 1.78 bits per heavy atom. The third-order valence-electron chi connectivity index (χ3n) is 5.81. The van der Waals surface area contributed by atoms with Crippen molar-refractivity contribution in [3.8, 4) is 22.6 Å². The zero-order chi connectivity index (χ0) is 26.0. The molecule has 0 aliphatic rings. The first-order chi connectivity index (χ1) is 17.8. The first kappa shape index (κ1) is 24.2. The highest BCUT2D eigenvalue weighted by molar-refractivity contribution is 5.84.